The van der Waals surface area contributed by atoms with Crippen LogP contribution in [0.25, 0.3) is 27.8 Å². The monoisotopic (exact) mass is 349 g/mol. The van der Waals surface area contributed by atoms with Crippen LogP contribution in [-0.2, 0) is 4.79 Å². The smallest absolute Gasteiger partial charge is 0.266 e. The van der Waals surface area contributed by atoms with Crippen LogP contribution in [0.1, 0.15) is 5.56 Å². The maximum Gasteiger partial charge on any atom is 0.266 e. The van der Waals surface area contributed by atoms with Crippen molar-refractivity contribution in [2.75, 3.05) is 5.32 Å². The van der Waals surface area contributed by atoms with E-state index in [1.165, 1.54) is 0 Å². The second kappa shape index (κ2) is 7.11. The Hall–Kier alpha value is -3.97. The highest BCUT2D eigenvalue weighted by Gasteiger charge is 2.11. The molecule has 4 nitrogen and oxygen atoms in total. The molecular formula is C23H15N3O. The van der Waals surface area contributed by atoms with Crippen LogP contribution in [0, 0.1) is 11.3 Å². The Bertz CT molecular complexity index is 1230. The number of fused-ring (bicyclic) bond motifs is 2. The van der Waals surface area contributed by atoms with Crippen molar-refractivity contribution in [3.63, 3.8) is 0 Å². The van der Waals surface area contributed by atoms with Gasteiger partial charge in [-0.3, -0.25) is 9.78 Å². The third-order valence-corrected chi connectivity index (χ3v) is 4.34. The molecule has 4 heteroatoms. The summed E-state index contributed by atoms with van der Waals surface area (Å²) in [4.78, 5) is 16.9. The quantitative estimate of drug-likeness (QED) is 0.421. The van der Waals surface area contributed by atoms with Crippen molar-refractivity contribution in [1.82, 2.24) is 4.98 Å². The molecule has 0 aliphatic rings. The fourth-order valence-electron chi connectivity index (χ4n) is 3.02. The van der Waals surface area contributed by atoms with Gasteiger partial charge in [-0.05, 0) is 41.3 Å². The number of nitrogens with one attached hydrogen (secondary N) is 1. The van der Waals surface area contributed by atoms with Crippen LogP contribution >= 0.6 is 0 Å². The van der Waals surface area contributed by atoms with Gasteiger partial charge in [0.25, 0.3) is 5.91 Å². The van der Waals surface area contributed by atoms with Gasteiger partial charge in [-0.2, -0.15) is 5.26 Å². The molecule has 128 valence electrons. The van der Waals surface area contributed by atoms with Crippen LogP contribution in [-0.4, -0.2) is 10.9 Å². The van der Waals surface area contributed by atoms with Crippen molar-refractivity contribution in [1.29, 1.82) is 5.26 Å². The molecular weight excluding hydrogens is 334 g/mol. The van der Waals surface area contributed by atoms with Crippen molar-refractivity contribution < 1.29 is 4.79 Å². The van der Waals surface area contributed by atoms with Crippen LogP contribution in [0.2, 0.25) is 0 Å². The molecule has 4 aromatic rings. The van der Waals surface area contributed by atoms with Crippen LogP contribution in [0.5, 0.6) is 0 Å². The summed E-state index contributed by atoms with van der Waals surface area (Å²) in [5, 5.41) is 15.2. The predicted molar refractivity (Wildman–Crippen MR) is 108 cm³/mol. The number of rotatable bonds is 3. The average molecular weight is 349 g/mol. The molecule has 0 fully saturated rings. The number of pyridine rings is 1. The predicted octanol–water partition coefficient (Wildman–Crippen LogP) is 4.93. The van der Waals surface area contributed by atoms with Crippen molar-refractivity contribution in [2.24, 2.45) is 0 Å². The highest BCUT2D eigenvalue weighted by atomic mass is 16.1. The van der Waals surface area contributed by atoms with E-state index in [9.17, 15) is 10.1 Å². The van der Waals surface area contributed by atoms with Gasteiger partial charge in [0.2, 0.25) is 0 Å². The minimum Gasteiger partial charge on any atom is -0.321 e. The number of nitriles is 1. The van der Waals surface area contributed by atoms with Gasteiger partial charge in [0.1, 0.15) is 11.6 Å². The maximum atomic E-state index is 12.6. The Balaban J connectivity index is 1.66. The number of aromatic nitrogens is 1. The number of hydrogen-bond donors (Lipinski definition) is 1. The molecule has 27 heavy (non-hydrogen) atoms. The molecule has 0 aliphatic heterocycles. The molecule has 1 heterocycles. The van der Waals surface area contributed by atoms with Gasteiger partial charge < -0.3 is 5.32 Å². The molecule has 0 unspecified atom stereocenters. The Morgan fingerprint density at radius 2 is 1.78 bits per heavy atom. The van der Waals surface area contributed by atoms with Gasteiger partial charge in [0.05, 0.1) is 5.52 Å². The van der Waals surface area contributed by atoms with Crippen molar-refractivity contribution in [3.05, 3.63) is 90.1 Å². The summed E-state index contributed by atoms with van der Waals surface area (Å²) in [6.07, 6.45) is 3.32. The summed E-state index contributed by atoms with van der Waals surface area (Å²) in [7, 11) is 0. The molecule has 3 aromatic carbocycles. The van der Waals surface area contributed by atoms with E-state index < -0.39 is 5.91 Å². The number of carbonyl (C=O) groups excluding carboxylic acids is 1. The zero-order valence-electron chi connectivity index (χ0n) is 14.4. The van der Waals surface area contributed by atoms with E-state index in [2.05, 4.69) is 10.3 Å². The molecule has 4 rings (SSSR count). The first-order valence-corrected chi connectivity index (χ1v) is 8.50. The summed E-state index contributed by atoms with van der Waals surface area (Å²) < 4.78 is 0. The summed E-state index contributed by atoms with van der Waals surface area (Å²) >= 11 is 0. The SMILES string of the molecule is N#C/C(=C/c1ccc2ncccc2c1)C(=O)Nc1cccc2ccccc12. The number of amides is 1. The number of nitrogens with zero attached hydrogens (tertiary/aromatic N) is 2. The highest BCUT2D eigenvalue weighted by molar-refractivity contribution is 6.13. The van der Waals surface area contributed by atoms with Crippen LogP contribution in [0.15, 0.2) is 84.6 Å². The Kier molecular flexibility index (Phi) is 4.34. The molecule has 0 bridgehead atoms. The number of benzene rings is 3. The number of hydrogen-bond acceptors (Lipinski definition) is 3. The van der Waals surface area contributed by atoms with Crippen molar-refractivity contribution in [2.45, 2.75) is 0 Å². The first-order chi connectivity index (χ1) is 13.2. The lowest BCUT2D eigenvalue weighted by molar-refractivity contribution is -0.112. The Labute approximate surface area is 156 Å². The number of carbonyl (C=O) groups is 1. The van der Waals surface area contributed by atoms with E-state index in [0.29, 0.717) is 5.69 Å². The zero-order valence-corrected chi connectivity index (χ0v) is 14.4. The first kappa shape index (κ1) is 16.5. The number of anilines is 1. The molecule has 0 saturated heterocycles. The fraction of sp³-hybridized carbons (Fsp3) is 0. The van der Waals surface area contributed by atoms with E-state index in [4.69, 9.17) is 0 Å². The maximum absolute atomic E-state index is 12.6. The summed E-state index contributed by atoms with van der Waals surface area (Å²) in [6.45, 7) is 0. The molecule has 1 aromatic heterocycles. The second-order valence-corrected chi connectivity index (χ2v) is 6.11. The van der Waals surface area contributed by atoms with E-state index in [-0.39, 0.29) is 5.57 Å². The normalized spacial score (nSPS) is 11.3. The minimum atomic E-state index is -0.430. The standard InChI is InChI=1S/C23H15N3O/c24-15-19(14-16-10-11-21-18(13-16)7-4-12-25-21)23(27)26-22-9-3-6-17-5-1-2-8-20(17)22/h1-14H,(H,26,27)/b19-14-. The molecule has 0 spiro atoms. The van der Waals surface area contributed by atoms with Gasteiger partial charge in [0, 0.05) is 22.7 Å². The third kappa shape index (κ3) is 3.39. The van der Waals surface area contributed by atoms with E-state index >= 15 is 0 Å². The summed E-state index contributed by atoms with van der Waals surface area (Å²) in [5.41, 5.74) is 2.38. The molecule has 0 atom stereocenters. The lowest BCUT2D eigenvalue weighted by atomic mass is 10.1. The second-order valence-electron chi connectivity index (χ2n) is 6.11. The molecule has 0 aliphatic carbocycles. The van der Waals surface area contributed by atoms with Gasteiger partial charge in [-0.15, -0.1) is 0 Å². The topological polar surface area (TPSA) is 65.8 Å². The Morgan fingerprint density at radius 1 is 0.963 bits per heavy atom. The van der Waals surface area contributed by atoms with Crippen LogP contribution in [0.3, 0.4) is 0 Å². The van der Waals surface area contributed by atoms with Crippen LogP contribution < -0.4 is 5.32 Å². The summed E-state index contributed by atoms with van der Waals surface area (Å²) in [6, 6.07) is 24.9. The highest BCUT2D eigenvalue weighted by Crippen LogP contribution is 2.24. The summed E-state index contributed by atoms with van der Waals surface area (Å²) in [5.74, 6) is -0.430. The Morgan fingerprint density at radius 3 is 2.67 bits per heavy atom. The molecule has 1 N–H and O–H groups in total. The van der Waals surface area contributed by atoms with Crippen molar-refractivity contribution in [3.8, 4) is 6.07 Å². The van der Waals surface area contributed by atoms with Crippen LogP contribution in [0.4, 0.5) is 5.69 Å². The lowest BCUT2D eigenvalue weighted by Gasteiger charge is -2.08. The van der Waals surface area contributed by atoms with Gasteiger partial charge in [-0.25, -0.2) is 0 Å². The van der Waals surface area contributed by atoms with Crippen molar-refractivity contribution >= 4 is 39.3 Å². The van der Waals surface area contributed by atoms with Gasteiger partial charge >= 0.3 is 0 Å². The van der Waals surface area contributed by atoms with E-state index in [1.807, 2.05) is 78.9 Å². The largest absolute Gasteiger partial charge is 0.321 e. The first-order valence-electron chi connectivity index (χ1n) is 8.50. The van der Waals surface area contributed by atoms with Gasteiger partial charge in [0.15, 0.2) is 0 Å². The molecule has 1 amide bonds. The molecule has 0 saturated carbocycles. The van der Waals surface area contributed by atoms with E-state index in [1.54, 1.807) is 12.3 Å². The van der Waals surface area contributed by atoms with Gasteiger partial charge in [-0.1, -0.05) is 48.5 Å². The lowest BCUT2D eigenvalue weighted by Crippen LogP contribution is -2.13. The fourth-order valence-corrected chi connectivity index (χ4v) is 3.02. The zero-order chi connectivity index (χ0) is 18.6. The minimum absolute atomic E-state index is 0.0474. The molecule has 0 radical (unpaired) electrons. The van der Waals surface area contributed by atoms with E-state index in [0.717, 1.165) is 27.2 Å². The third-order valence-electron chi connectivity index (χ3n) is 4.34. The average Bonchev–Trinajstić information content (AvgIpc) is 2.72.